The van der Waals surface area contributed by atoms with Crippen LogP contribution in [-0.2, 0) is 5.41 Å². The maximum Gasteiger partial charge on any atom is 0.247 e. The molecule has 0 radical (unpaired) electrons. The van der Waals surface area contributed by atoms with Crippen molar-refractivity contribution in [2.24, 2.45) is 10.8 Å². The van der Waals surface area contributed by atoms with Crippen LogP contribution in [0, 0.1) is 5.41 Å². The van der Waals surface area contributed by atoms with Gasteiger partial charge in [0.05, 0.1) is 11.1 Å². The number of amidine groups is 1. The summed E-state index contributed by atoms with van der Waals surface area (Å²) < 4.78 is 27.1. The Balaban J connectivity index is 2.09. The van der Waals surface area contributed by atoms with Crippen molar-refractivity contribution in [1.29, 1.82) is 5.41 Å². The van der Waals surface area contributed by atoms with Crippen molar-refractivity contribution >= 4 is 17.6 Å². The summed E-state index contributed by atoms with van der Waals surface area (Å²) in [5.74, 6) is 5.73. The molecule has 164 valence electrons. The van der Waals surface area contributed by atoms with Crippen molar-refractivity contribution in [3.8, 4) is 0 Å². The molecule has 0 aliphatic heterocycles. The lowest BCUT2D eigenvalue weighted by Gasteiger charge is -2.28. The van der Waals surface area contributed by atoms with Gasteiger partial charge >= 0.3 is 0 Å². The van der Waals surface area contributed by atoms with E-state index in [9.17, 15) is 8.78 Å². The molecule has 30 heavy (non-hydrogen) atoms. The van der Waals surface area contributed by atoms with Gasteiger partial charge in [-0.1, -0.05) is 64.0 Å². The predicted molar refractivity (Wildman–Crippen MR) is 121 cm³/mol. The summed E-state index contributed by atoms with van der Waals surface area (Å²) in [7, 11) is 0. The molecule has 1 atom stereocenters. The highest BCUT2D eigenvalue weighted by molar-refractivity contribution is 6.46. The summed E-state index contributed by atoms with van der Waals surface area (Å²) in [4.78, 5) is 4.23. The van der Waals surface area contributed by atoms with E-state index in [4.69, 9.17) is 11.3 Å². The zero-order chi connectivity index (χ0) is 22.1. The molecule has 5 N–H and O–H groups in total. The Morgan fingerprint density at radius 2 is 2.07 bits per heavy atom. The fraction of sp³-hybridized carbons (Fsp3) is 0.478. The highest BCUT2D eigenvalue weighted by Crippen LogP contribution is 2.34. The molecule has 1 fully saturated rings. The van der Waals surface area contributed by atoms with Crippen LogP contribution in [0.5, 0.6) is 0 Å². The Morgan fingerprint density at radius 3 is 2.67 bits per heavy atom. The number of aliphatic imine (C=N–C) groups is 1. The summed E-state index contributed by atoms with van der Waals surface area (Å²) in [5.41, 5.74) is 3.15. The van der Waals surface area contributed by atoms with Gasteiger partial charge in [0.25, 0.3) is 0 Å². The first-order valence-corrected chi connectivity index (χ1v) is 10.5. The van der Waals surface area contributed by atoms with Crippen LogP contribution in [0.4, 0.5) is 8.78 Å². The van der Waals surface area contributed by atoms with Crippen LogP contribution in [0.15, 0.2) is 47.7 Å². The normalized spacial score (nSPS) is 17.7. The second-order valence-corrected chi connectivity index (χ2v) is 7.97. The number of halogens is 2. The van der Waals surface area contributed by atoms with Gasteiger partial charge in [-0.2, -0.15) is 0 Å². The molecule has 1 aliphatic carbocycles. The Labute approximate surface area is 178 Å². The van der Waals surface area contributed by atoms with Gasteiger partial charge in [-0.05, 0) is 36.5 Å². The van der Waals surface area contributed by atoms with Crippen molar-refractivity contribution in [2.75, 3.05) is 0 Å². The van der Waals surface area contributed by atoms with E-state index in [1.807, 2.05) is 6.07 Å². The Hall–Kier alpha value is -2.54. The minimum atomic E-state index is -2.45. The standard InChI is InChI=1S/C23H33F2N5/c1-4-23(3,22(24)25)18-10-8-9-17(15-18)13-14-28-21(30-27)20(26)16(2)29-19-11-6-5-7-12-19/h8-10,13-15,19,22,26,29H,2,4-7,11-12,27H2,1,3H3,(H,28,30)/b14-13+,26-20?. The van der Waals surface area contributed by atoms with Crippen LogP contribution < -0.4 is 16.6 Å². The van der Waals surface area contributed by atoms with Crippen LogP contribution in [0.3, 0.4) is 0 Å². The number of benzene rings is 1. The van der Waals surface area contributed by atoms with Gasteiger partial charge in [-0.15, -0.1) is 0 Å². The van der Waals surface area contributed by atoms with Gasteiger partial charge in [0, 0.05) is 12.2 Å². The SMILES string of the molecule is C=C(NC1CCCCC1)C(=N)C(=N/C=C/c1cccc(C(C)(CC)C(F)F)c1)NN. The van der Waals surface area contributed by atoms with Crippen LogP contribution >= 0.6 is 0 Å². The maximum atomic E-state index is 13.5. The molecule has 0 heterocycles. The Morgan fingerprint density at radius 1 is 1.37 bits per heavy atom. The molecule has 0 spiro atoms. The quantitative estimate of drug-likeness (QED) is 0.199. The molecule has 0 saturated heterocycles. The topological polar surface area (TPSA) is 86.3 Å². The number of hydrogen-bond acceptors (Lipinski definition) is 4. The highest BCUT2D eigenvalue weighted by atomic mass is 19.3. The van der Waals surface area contributed by atoms with Crippen LogP contribution in [0.1, 0.15) is 63.5 Å². The molecule has 5 nitrogen and oxygen atoms in total. The van der Waals surface area contributed by atoms with Crippen molar-refractivity contribution in [3.05, 3.63) is 53.9 Å². The number of hydrogen-bond donors (Lipinski definition) is 4. The van der Waals surface area contributed by atoms with E-state index in [1.54, 1.807) is 38.1 Å². The van der Waals surface area contributed by atoms with Crippen LogP contribution in [-0.4, -0.2) is 24.0 Å². The lowest BCUT2D eigenvalue weighted by molar-refractivity contribution is 0.0567. The lowest BCUT2D eigenvalue weighted by Crippen LogP contribution is -2.41. The predicted octanol–water partition coefficient (Wildman–Crippen LogP) is 4.91. The Kier molecular flexibility index (Phi) is 8.72. The van der Waals surface area contributed by atoms with E-state index >= 15 is 0 Å². The van der Waals surface area contributed by atoms with Gasteiger partial charge < -0.3 is 10.7 Å². The molecule has 1 saturated carbocycles. The number of alkyl halides is 2. The van der Waals surface area contributed by atoms with Crippen molar-refractivity contribution in [1.82, 2.24) is 10.7 Å². The second-order valence-electron chi connectivity index (χ2n) is 7.97. The minimum Gasteiger partial charge on any atom is -0.381 e. The fourth-order valence-electron chi connectivity index (χ4n) is 3.56. The largest absolute Gasteiger partial charge is 0.381 e. The van der Waals surface area contributed by atoms with Gasteiger partial charge in [-0.3, -0.25) is 5.41 Å². The molecule has 1 aromatic rings. The van der Waals surface area contributed by atoms with E-state index in [0.29, 0.717) is 23.7 Å². The van der Waals surface area contributed by atoms with Gasteiger partial charge in [0.15, 0.2) is 5.84 Å². The molecule has 2 rings (SSSR count). The first kappa shape index (κ1) is 23.7. The van der Waals surface area contributed by atoms with Crippen molar-refractivity contribution < 1.29 is 8.78 Å². The van der Waals surface area contributed by atoms with Gasteiger partial charge in [-0.25, -0.2) is 19.6 Å². The number of nitrogens with zero attached hydrogens (tertiary/aromatic N) is 1. The molecule has 0 aromatic heterocycles. The average Bonchev–Trinajstić information content (AvgIpc) is 2.76. The summed E-state index contributed by atoms with van der Waals surface area (Å²) in [6, 6.07) is 7.37. The highest BCUT2D eigenvalue weighted by Gasteiger charge is 2.34. The molecule has 0 amide bonds. The summed E-state index contributed by atoms with van der Waals surface area (Å²) in [6.07, 6.45) is 6.84. The van der Waals surface area contributed by atoms with Gasteiger partial charge in [0.1, 0.15) is 5.71 Å². The van der Waals surface area contributed by atoms with E-state index in [1.165, 1.54) is 25.5 Å². The smallest absolute Gasteiger partial charge is 0.247 e. The van der Waals surface area contributed by atoms with Crippen LogP contribution in [0.25, 0.3) is 6.08 Å². The van der Waals surface area contributed by atoms with E-state index in [2.05, 4.69) is 22.3 Å². The molecule has 1 unspecified atom stereocenters. The summed E-state index contributed by atoms with van der Waals surface area (Å²) in [5, 5.41) is 11.6. The zero-order valence-corrected chi connectivity index (χ0v) is 17.8. The molecule has 0 bridgehead atoms. The number of rotatable bonds is 9. The number of nitrogens with two attached hydrogens (primary N) is 1. The average molecular weight is 418 g/mol. The third-order valence-electron chi connectivity index (χ3n) is 5.89. The fourth-order valence-corrected chi connectivity index (χ4v) is 3.56. The number of nitrogens with one attached hydrogen (secondary N) is 3. The first-order valence-electron chi connectivity index (χ1n) is 10.5. The van der Waals surface area contributed by atoms with Gasteiger partial charge in [0.2, 0.25) is 6.43 Å². The summed E-state index contributed by atoms with van der Waals surface area (Å²) >= 11 is 0. The third kappa shape index (κ3) is 5.98. The number of hydrazine groups is 1. The molecule has 7 heteroatoms. The molecular weight excluding hydrogens is 384 g/mol. The molecule has 1 aromatic carbocycles. The Bertz CT molecular complexity index is 797. The third-order valence-corrected chi connectivity index (χ3v) is 5.89. The van der Waals surface area contributed by atoms with E-state index in [-0.39, 0.29) is 11.5 Å². The van der Waals surface area contributed by atoms with Crippen molar-refractivity contribution in [3.63, 3.8) is 0 Å². The molecule has 1 aliphatic rings. The summed E-state index contributed by atoms with van der Waals surface area (Å²) in [6.45, 7) is 7.27. The van der Waals surface area contributed by atoms with Crippen LogP contribution in [0.2, 0.25) is 0 Å². The first-order chi connectivity index (χ1) is 14.3. The lowest BCUT2D eigenvalue weighted by atomic mass is 9.80. The molecular formula is C23H33F2N5. The van der Waals surface area contributed by atoms with E-state index in [0.717, 1.165) is 18.4 Å². The van der Waals surface area contributed by atoms with Crippen molar-refractivity contribution in [2.45, 2.75) is 70.3 Å². The minimum absolute atomic E-state index is 0.0951. The zero-order valence-electron chi connectivity index (χ0n) is 17.8. The second kappa shape index (κ2) is 11.0. The monoisotopic (exact) mass is 417 g/mol. The maximum absolute atomic E-state index is 13.5. The van der Waals surface area contributed by atoms with E-state index < -0.39 is 11.8 Å².